The van der Waals surface area contributed by atoms with Crippen molar-refractivity contribution in [2.45, 2.75) is 28.8 Å². The topological polar surface area (TPSA) is 96.4 Å². The number of aromatic nitrogens is 1. The van der Waals surface area contributed by atoms with E-state index in [2.05, 4.69) is 4.98 Å². The smallest absolute Gasteiger partial charge is 0.407 e. The minimum Gasteiger partial charge on any atom is -0.476 e. The number of carboxylic acids is 1. The Morgan fingerprint density at radius 1 is 1.47 bits per heavy atom. The van der Waals surface area contributed by atoms with Crippen molar-refractivity contribution in [3.05, 3.63) is 11.2 Å². The number of alkyl halides is 3. The second kappa shape index (κ2) is 4.15. The molecule has 0 radical (unpaired) electrons. The molecule has 0 atom stereocenters. The van der Waals surface area contributed by atoms with Crippen LogP contribution in [0.4, 0.5) is 13.2 Å². The highest BCUT2D eigenvalue weighted by atomic mass is 32.2. The molecule has 1 heterocycles. The van der Waals surface area contributed by atoms with E-state index in [9.17, 15) is 26.4 Å². The average molecular weight is 316 g/mol. The third-order valence-electron chi connectivity index (χ3n) is 2.60. The number of rotatable bonds is 4. The average Bonchev–Trinajstić information content (AvgIpc) is 2.85. The maximum absolute atomic E-state index is 12.7. The van der Waals surface area contributed by atoms with Crippen molar-refractivity contribution in [2.24, 2.45) is 0 Å². The maximum atomic E-state index is 12.7. The van der Waals surface area contributed by atoms with Gasteiger partial charge in [0, 0.05) is 0 Å². The molecule has 0 bridgehead atoms. The Kier molecular flexibility index (Phi) is 3.10. The molecule has 2 rings (SSSR count). The summed E-state index contributed by atoms with van der Waals surface area (Å²) in [5.74, 6) is -1.61. The van der Waals surface area contributed by atoms with Crippen molar-refractivity contribution < 1.29 is 31.5 Å². The molecule has 11 heteroatoms. The standard InChI is InChI=1S/C8H7F3N2O4S2/c9-8(10,11)7(1-2-7)13-19(16,17)6-4(5(14)15)12-3-18-6/h3,13H,1-2H2,(H,14,15). The zero-order chi connectivity index (χ0) is 14.5. The Balaban J connectivity index is 2.35. The van der Waals surface area contributed by atoms with Gasteiger partial charge in [-0.1, -0.05) is 0 Å². The molecule has 1 aromatic heterocycles. The first kappa shape index (κ1) is 14.2. The Morgan fingerprint density at radius 2 is 2.05 bits per heavy atom. The van der Waals surface area contributed by atoms with E-state index in [1.165, 1.54) is 4.72 Å². The van der Waals surface area contributed by atoms with Gasteiger partial charge >= 0.3 is 12.1 Å². The van der Waals surface area contributed by atoms with Crippen molar-refractivity contribution in [1.29, 1.82) is 0 Å². The molecule has 1 aromatic rings. The number of thiazole rings is 1. The first-order valence-electron chi connectivity index (χ1n) is 4.86. The first-order chi connectivity index (χ1) is 8.59. The molecular weight excluding hydrogens is 309 g/mol. The molecule has 0 saturated heterocycles. The fourth-order valence-corrected chi connectivity index (χ4v) is 4.03. The van der Waals surface area contributed by atoms with Crippen LogP contribution in [0.1, 0.15) is 23.3 Å². The quantitative estimate of drug-likeness (QED) is 0.870. The highest BCUT2D eigenvalue weighted by molar-refractivity contribution is 7.91. The number of halogens is 3. The van der Waals surface area contributed by atoms with Crippen molar-refractivity contribution in [3.63, 3.8) is 0 Å². The Hall–Kier alpha value is -1.20. The predicted molar refractivity (Wildman–Crippen MR) is 57.4 cm³/mol. The summed E-state index contributed by atoms with van der Waals surface area (Å²) in [6.45, 7) is 0. The molecule has 1 saturated carbocycles. The lowest BCUT2D eigenvalue weighted by Gasteiger charge is -2.20. The number of nitrogens with one attached hydrogen (secondary N) is 1. The van der Waals surface area contributed by atoms with E-state index < -0.39 is 37.6 Å². The van der Waals surface area contributed by atoms with E-state index in [-0.39, 0.29) is 12.8 Å². The van der Waals surface area contributed by atoms with Crippen LogP contribution in [0.5, 0.6) is 0 Å². The van der Waals surface area contributed by atoms with Gasteiger partial charge in [0.05, 0.1) is 5.51 Å². The monoisotopic (exact) mass is 316 g/mol. The SMILES string of the molecule is O=C(O)c1ncsc1S(=O)(=O)NC1(C(F)(F)F)CC1. The number of hydrogen-bond acceptors (Lipinski definition) is 5. The molecule has 2 N–H and O–H groups in total. The minimum atomic E-state index is -4.71. The van der Waals surface area contributed by atoms with Crippen LogP contribution in [-0.2, 0) is 10.0 Å². The molecule has 6 nitrogen and oxygen atoms in total. The van der Waals surface area contributed by atoms with Gasteiger partial charge in [0.15, 0.2) is 9.90 Å². The van der Waals surface area contributed by atoms with E-state index in [0.717, 1.165) is 5.51 Å². The van der Waals surface area contributed by atoms with Crippen LogP contribution in [0, 0.1) is 0 Å². The van der Waals surface area contributed by atoms with Crippen LogP contribution < -0.4 is 4.72 Å². The summed E-state index contributed by atoms with van der Waals surface area (Å²) >= 11 is 0.454. The van der Waals surface area contributed by atoms with Crippen molar-refractivity contribution in [3.8, 4) is 0 Å². The van der Waals surface area contributed by atoms with E-state index in [0.29, 0.717) is 11.3 Å². The van der Waals surface area contributed by atoms with Crippen LogP contribution in [0.2, 0.25) is 0 Å². The summed E-state index contributed by atoms with van der Waals surface area (Å²) in [7, 11) is -4.57. The third kappa shape index (κ3) is 2.44. The van der Waals surface area contributed by atoms with Crippen LogP contribution >= 0.6 is 11.3 Å². The summed E-state index contributed by atoms with van der Waals surface area (Å²) in [5, 5.41) is 8.72. The van der Waals surface area contributed by atoms with E-state index in [1.807, 2.05) is 0 Å². The Labute approximate surface area is 109 Å². The van der Waals surface area contributed by atoms with Gasteiger partial charge in [-0.2, -0.15) is 17.9 Å². The highest BCUT2D eigenvalue weighted by Gasteiger charge is 2.65. The fraction of sp³-hybridized carbons (Fsp3) is 0.500. The van der Waals surface area contributed by atoms with E-state index >= 15 is 0 Å². The Bertz CT molecular complexity index is 618. The summed E-state index contributed by atoms with van der Waals surface area (Å²) < 4.78 is 62.5. The largest absolute Gasteiger partial charge is 0.476 e. The summed E-state index contributed by atoms with van der Waals surface area (Å²) in [5.41, 5.74) is -2.31. The van der Waals surface area contributed by atoms with Gasteiger partial charge in [-0.05, 0) is 12.8 Å². The first-order valence-corrected chi connectivity index (χ1v) is 7.23. The summed E-state index contributed by atoms with van der Waals surface area (Å²) in [6.07, 6.45) is -5.44. The van der Waals surface area contributed by atoms with Gasteiger partial charge in [0.25, 0.3) is 10.0 Å². The van der Waals surface area contributed by atoms with Crippen LogP contribution in [-0.4, -0.2) is 36.2 Å². The number of nitrogens with zero attached hydrogens (tertiary/aromatic N) is 1. The van der Waals surface area contributed by atoms with E-state index in [4.69, 9.17) is 5.11 Å². The lowest BCUT2D eigenvalue weighted by molar-refractivity contribution is -0.160. The maximum Gasteiger partial charge on any atom is 0.407 e. The van der Waals surface area contributed by atoms with Crippen molar-refractivity contribution in [2.75, 3.05) is 0 Å². The van der Waals surface area contributed by atoms with Gasteiger partial charge in [0.2, 0.25) is 0 Å². The lowest BCUT2D eigenvalue weighted by atomic mass is 10.3. The molecule has 0 spiro atoms. The van der Waals surface area contributed by atoms with Crippen LogP contribution in [0.25, 0.3) is 0 Å². The number of sulfonamides is 1. The van der Waals surface area contributed by atoms with Gasteiger partial charge in [-0.3, -0.25) is 0 Å². The number of hydrogen-bond donors (Lipinski definition) is 2. The minimum absolute atomic E-state index is 0.364. The zero-order valence-corrected chi connectivity index (χ0v) is 10.7. The molecule has 0 aliphatic heterocycles. The van der Waals surface area contributed by atoms with Gasteiger partial charge in [0.1, 0.15) is 5.54 Å². The second-order valence-corrected chi connectivity index (χ2v) is 6.71. The molecular formula is C8H7F3N2O4S2. The molecule has 19 heavy (non-hydrogen) atoms. The number of carboxylic acid groups (broad SMARTS) is 1. The molecule has 0 aromatic carbocycles. The normalized spacial score (nSPS) is 18.3. The molecule has 0 unspecified atom stereocenters. The second-order valence-electron chi connectivity index (χ2n) is 3.98. The molecule has 1 aliphatic rings. The summed E-state index contributed by atoms with van der Waals surface area (Å²) in [6, 6.07) is 0. The number of carbonyl (C=O) groups is 1. The molecule has 1 aliphatic carbocycles. The van der Waals surface area contributed by atoms with Crippen molar-refractivity contribution in [1.82, 2.24) is 9.71 Å². The highest BCUT2D eigenvalue weighted by Crippen LogP contribution is 2.49. The molecule has 0 amide bonds. The molecule has 1 fully saturated rings. The zero-order valence-electron chi connectivity index (χ0n) is 9.06. The Morgan fingerprint density at radius 3 is 2.47 bits per heavy atom. The molecule has 106 valence electrons. The van der Waals surface area contributed by atoms with Crippen molar-refractivity contribution >= 4 is 27.3 Å². The van der Waals surface area contributed by atoms with Gasteiger partial charge in [-0.25, -0.2) is 18.2 Å². The van der Waals surface area contributed by atoms with E-state index in [1.54, 1.807) is 0 Å². The lowest BCUT2D eigenvalue weighted by Crippen LogP contribution is -2.47. The predicted octanol–water partition coefficient (Wildman–Crippen LogP) is 1.21. The van der Waals surface area contributed by atoms with Gasteiger partial charge in [-0.15, -0.1) is 11.3 Å². The number of aromatic carboxylic acids is 1. The van der Waals surface area contributed by atoms with Crippen LogP contribution in [0.3, 0.4) is 0 Å². The summed E-state index contributed by atoms with van der Waals surface area (Å²) in [4.78, 5) is 14.1. The van der Waals surface area contributed by atoms with Crippen LogP contribution in [0.15, 0.2) is 9.72 Å². The fourth-order valence-electron chi connectivity index (χ4n) is 1.44. The third-order valence-corrected chi connectivity index (χ3v) is 5.51. The van der Waals surface area contributed by atoms with Gasteiger partial charge < -0.3 is 5.11 Å².